The molecule has 3 nitrogen and oxygen atoms in total. The van der Waals surface area contributed by atoms with Crippen molar-refractivity contribution in [2.75, 3.05) is 0 Å². The van der Waals surface area contributed by atoms with Gasteiger partial charge in [0.05, 0.1) is 24.3 Å². The average molecular weight is 170 g/mol. The standard InChI is InChI=1S/C7H8ClN3/c1-2-11-5-10-4-7(11)6(8)3-9/h4-6H,2H2,1H3. The van der Waals surface area contributed by atoms with E-state index in [1.165, 1.54) is 0 Å². The lowest BCUT2D eigenvalue weighted by atomic mass is 10.3. The highest BCUT2D eigenvalue weighted by Gasteiger charge is 2.09. The first kappa shape index (κ1) is 8.09. The topological polar surface area (TPSA) is 41.6 Å². The van der Waals surface area contributed by atoms with Crippen LogP contribution in [-0.4, -0.2) is 9.55 Å². The van der Waals surface area contributed by atoms with Crippen LogP contribution in [0.25, 0.3) is 0 Å². The molecule has 0 aliphatic carbocycles. The zero-order chi connectivity index (χ0) is 8.27. The lowest BCUT2D eigenvalue weighted by Crippen LogP contribution is -1.99. The van der Waals surface area contributed by atoms with E-state index in [4.69, 9.17) is 16.9 Å². The fraction of sp³-hybridized carbons (Fsp3) is 0.429. The molecule has 0 fully saturated rings. The molecule has 1 rings (SSSR count). The monoisotopic (exact) mass is 169 g/mol. The SMILES string of the molecule is CCn1cncc1C(Cl)C#N. The molecule has 0 saturated carbocycles. The maximum absolute atomic E-state index is 8.50. The molecular weight excluding hydrogens is 162 g/mol. The molecule has 11 heavy (non-hydrogen) atoms. The third kappa shape index (κ3) is 1.52. The van der Waals surface area contributed by atoms with Gasteiger partial charge in [0.15, 0.2) is 5.38 Å². The van der Waals surface area contributed by atoms with E-state index in [1.807, 2.05) is 17.6 Å². The Balaban J connectivity index is 2.94. The van der Waals surface area contributed by atoms with Crippen LogP contribution < -0.4 is 0 Å². The summed E-state index contributed by atoms with van der Waals surface area (Å²) in [5.41, 5.74) is 0.761. The van der Waals surface area contributed by atoms with Crippen LogP contribution in [0.4, 0.5) is 0 Å². The molecule has 0 spiro atoms. The third-order valence-corrected chi connectivity index (χ3v) is 1.78. The van der Waals surface area contributed by atoms with Crippen LogP contribution in [-0.2, 0) is 6.54 Å². The summed E-state index contributed by atoms with van der Waals surface area (Å²) >= 11 is 5.69. The summed E-state index contributed by atoms with van der Waals surface area (Å²) in [5.74, 6) is 0. The molecule has 1 aromatic heterocycles. The summed E-state index contributed by atoms with van der Waals surface area (Å²) in [6.07, 6.45) is 3.28. The fourth-order valence-electron chi connectivity index (χ4n) is 0.872. The van der Waals surface area contributed by atoms with E-state index in [-0.39, 0.29) is 0 Å². The number of hydrogen-bond donors (Lipinski definition) is 0. The van der Waals surface area contributed by atoms with Crippen molar-refractivity contribution in [2.45, 2.75) is 18.8 Å². The van der Waals surface area contributed by atoms with E-state index in [1.54, 1.807) is 12.5 Å². The van der Waals surface area contributed by atoms with Crippen molar-refractivity contribution < 1.29 is 0 Å². The van der Waals surface area contributed by atoms with Gasteiger partial charge in [-0.15, -0.1) is 0 Å². The van der Waals surface area contributed by atoms with Crippen LogP contribution in [0.5, 0.6) is 0 Å². The van der Waals surface area contributed by atoms with Gasteiger partial charge in [-0.05, 0) is 6.92 Å². The van der Waals surface area contributed by atoms with Crippen molar-refractivity contribution in [1.82, 2.24) is 9.55 Å². The predicted octanol–water partition coefficient (Wildman–Crippen LogP) is 1.71. The zero-order valence-corrected chi connectivity index (χ0v) is 6.91. The maximum atomic E-state index is 8.50. The lowest BCUT2D eigenvalue weighted by Gasteiger charge is -2.03. The van der Waals surface area contributed by atoms with Gasteiger partial charge < -0.3 is 4.57 Å². The van der Waals surface area contributed by atoms with Crippen LogP contribution in [0.15, 0.2) is 12.5 Å². The predicted molar refractivity (Wildman–Crippen MR) is 42.1 cm³/mol. The van der Waals surface area contributed by atoms with Crippen LogP contribution in [0.2, 0.25) is 0 Å². The minimum atomic E-state index is -0.586. The number of aromatic nitrogens is 2. The van der Waals surface area contributed by atoms with Gasteiger partial charge in [-0.3, -0.25) is 0 Å². The maximum Gasteiger partial charge on any atom is 0.161 e. The second kappa shape index (κ2) is 3.40. The van der Waals surface area contributed by atoms with Gasteiger partial charge >= 0.3 is 0 Å². The molecule has 0 saturated heterocycles. The van der Waals surface area contributed by atoms with Crippen molar-refractivity contribution in [3.63, 3.8) is 0 Å². The number of halogens is 1. The van der Waals surface area contributed by atoms with Crippen molar-refractivity contribution in [3.8, 4) is 6.07 Å². The Morgan fingerprint density at radius 2 is 2.64 bits per heavy atom. The number of alkyl halides is 1. The molecule has 1 unspecified atom stereocenters. The Hall–Kier alpha value is -1.01. The summed E-state index contributed by atoms with van der Waals surface area (Å²) in [6, 6.07) is 1.95. The van der Waals surface area contributed by atoms with Gasteiger partial charge in [-0.1, -0.05) is 11.6 Å². The average Bonchev–Trinajstić information content (AvgIpc) is 2.50. The number of hydrogen-bond acceptors (Lipinski definition) is 2. The minimum absolute atomic E-state index is 0.586. The first-order valence-electron chi connectivity index (χ1n) is 3.33. The number of nitriles is 1. The molecule has 1 heterocycles. The van der Waals surface area contributed by atoms with Crippen LogP contribution in [0.1, 0.15) is 18.0 Å². The molecule has 0 radical (unpaired) electrons. The summed E-state index contributed by atoms with van der Waals surface area (Å²) in [5, 5.41) is 7.92. The van der Waals surface area contributed by atoms with Crippen LogP contribution in [0, 0.1) is 11.3 Å². The first-order valence-corrected chi connectivity index (χ1v) is 3.77. The Bertz CT molecular complexity index is 273. The summed E-state index contributed by atoms with van der Waals surface area (Å²) in [6.45, 7) is 2.77. The van der Waals surface area contributed by atoms with Gasteiger partial charge in [0.1, 0.15) is 0 Å². The van der Waals surface area contributed by atoms with Crippen molar-refractivity contribution in [1.29, 1.82) is 5.26 Å². The van der Waals surface area contributed by atoms with E-state index in [9.17, 15) is 0 Å². The summed E-state index contributed by atoms with van der Waals surface area (Å²) in [4.78, 5) is 3.89. The van der Waals surface area contributed by atoms with Crippen LogP contribution >= 0.6 is 11.6 Å². The van der Waals surface area contributed by atoms with E-state index >= 15 is 0 Å². The highest BCUT2D eigenvalue weighted by Crippen LogP contribution is 2.17. The second-order valence-electron chi connectivity index (χ2n) is 2.10. The first-order chi connectivity index (χ1) is 5.29. The zero-order valence-electron chi connectivity index (χ0n) is 6.16. The highest BCUT2D eigenvalue weighted by molar-refractivity contribution is 6.22. The molecule has 4 heteroatoms. The van der Waals surface area contributed by atoms with Crippen LogP contribution in [0.3, 0.4) is 0 Å². The Morgan fingerprint density at radius 3 is 3.18 bits per heavy atom. The normalized spacial score (nSPS) is 12.5. The molecule has 0 amide bonds. The quantitative estimate of drug-likeness (QED) is 0.633. The van der Waals surface area contributed by atoms with Gasteiger partial charge in [0.25, 0.3) is 0 Å². The van der Waals surface area contributed by atoms with Gasteiger partial charge in [0.2, 0.25) is 0 Å². The minimum Gasteiger partial charge on any atom is -0.333 e. The van der Waals surface area contributed by atoms with Gasteiger partial charge in [0, 0.05) is 6.54 Å². The molecule has 0 bridgehead atoms. The summed E-state index contributed by atoms with van der Waals surface area (Å²) in [7, 11) is 0. The van der Waals surface area contributed by atoms with E-state index in [2.05, 4.69) is 4.98 Å². The molecular formula is C7H8ClN3. The number of rotatable bonds is 2. The Morgan fingerprint density at radius 1 is 1.91 bits per heavy atom. The van der Waals surface area contributed by atoms with Gasteiger partial charge in [-0.2, -0.15) is 5.26 Å². The molecule has 58 valence electrons. The molecule has 0 aromatic carbocycles. The van der Waals surface area contributed by atoms with Crippen molar-refractivity contribution in [3.05, 3.63) is 18.2 Å². The van der Waals surface area contributed by atoms with Gasteiger partial charge in [-0.25, -0.2) is 4.98 Å². The molecule has 1 aromatic rings. The lowest BCUT2D eigenvalue weighted by molar-refractivity contribution is 0.723. The smallest absolute Gasteiger partial charge is 0.161 e. The second-order valence-corrected chi connectivity index (χ2v) is 2.53. The van der Waals surface area contributed by atoms with E-state index < -0.39 is 5.38 Å². The largest absolute Gasteiger partial charge is 0.333 e. The Kier molecular flexibility index (Phi) is 2.50. The molecule has 0 aliphatic rings. The van der Waals surface area contributed by atoms with Crippen molar-refractivity contribution in [2.24, 2.45) is 0 Å². The summed E-state index contributed by atoms with van der Waals surface area (Å²) < 4.78 is 1.85. The van der Waals surface area contributed by atoms with E-state index in [0.717, 1.165) is 12.2 Å². The van der Waals surface area contributed by atoms with Crippen molar-refractivity contribution >= 4 is 11.6 Å². The third-order valence-electron chi connectivity index (χ3n) is 1.46. The van der Waals surface area contributed by atoms with E-state index in [0.29, 0.717) is 0 Å². The number of nitrogens with zero attached hydrogens (tertiary/aromatic N) is 3. The fourth-order valence-corrected chi connectivity index (χ4v) is 1.05. The molecule has 0 N–H and O–H groups in total. The number of imidazole rings is 1. The molecule has 0 aliphatic heterocycles. The molecule has 1 atom stereocenters. The number of aryl methyl sites for hydroxylation is 1. The highest BCUT2D eigenvalue weighted by atomic mass is 35.5. The Labute approximate surface area is 70.2 Å².